The number of nitrogens with zero attached hydrogens (tertiary/aromatic N) is 1. The summed E-state index contributed by atoms with van der Waals surface area (Å²) in [5.74, 6) is -0.115. The van der Waals surface area contributed by atoms with Crippen LogP contribution in [-0.2, 0) is 12.8 Å². The van der Waals surface area contributed by atoms with Gasteiger partial charge >= 0.3 is 0 Å². The van der Waals surface area contributed by atoms with Crippen molar-refractivity contribution in [1.29, 1.82) is 0 Å². The van der Waals surface area contributed by atoms with Crippen molar-refractivity contribution < 1.29 is 4.79 Å². The largest absolute Gasteiger partial charge is 0.298 e. The number of thiazole rings is 1. The number of rotatable bonds is 2. The van der Waals surface area contributed by atoms with Gasteiger partial charge in [-0.05, 0) is 43.5 Å². The van der Waals surface area contributed by atoms with E-state index in [2.05, 4.69) is 22.9 Å². The Kier molecular flexibility index (Phi) is 3.09. The lowest BCUT2D eigenvalue weighted by atomic mass is 10.2. The van der Waals surface area contributed by atoms with Gasteiger partial charge in [0.2, 0.25) is 0 Å². The fraction of sp³-hybridized carbons (Fsp3) is 0.231. The molecule has 5 heteroatoms. The van der Waals surface area contributed by atoms with E-state index >= 15 is 0 Å². The van der Waals surface area contributed by atoms with E-state index < -0.39 is 0 Å². The molecule has 0 aliphatic heterocycles. The molecule has 3 rings (SSSR count). The number of thiol groups is 1. The first kappa shape index (κ1) is 11.7. The maximum absolute atomic E-state index is 12.0. The van der Waals surface area contributed by atoms with Crippen LogP contribution >= 0.6 is 24.0 Å². The summed E-state index contributed by atoms with van der Waals surface area (Å²) >= 11 is 5.78. The molecule has 0 bridgehead atoms. The van der Waals surface area contributed by atoms with Gasteiger partial charge < -0.3 is 0 Å². The highest BCUT2D eigenvalue weighted by Gasteiger charge is 2.17. The SMILES string of the molecule is O=C(Nc1nc2c(s1)CCC2)c1ccc(S)cc1. The third kappa shape index (κ3) is 2.28. The number of carbonyl (C=O) groups is 1. The molecule has 92 valence electrons. The third-order valence-electron chi connectivity index (χ3n) is 2.95. The average molecular weight is 276 g/mol. The minimum absolute atomic E-state index is 0.115. The molecular formula is C13H12N2OS2. The van der Waals surface area contributed by atoms with Gasteiger partial charge in [-0.15, -0.1) is 24.0 Å². The molecule has 0 radical (unpaired) electrons. The highest BCUT2D eigenvalue weighted by atomic mass is 32.1. The Morgan fingerprint density at radius 3 is 2.78 bits per heavy atom. The van der Waals surface area contributed by atoms with Crippen molar-refractivity contribution in [3.05, 3.63) is 40.4 Å². The molecule has 1 aromatic heterocycles. The first-order valence-corrected chi connectivity index (χ1v) is 7.08. The first-order chi connectivity index (χ1) is 8.72. The molecule has 1 aliphatic carbocycles. The molecule has 18 heavy (non-hydrogen) atoms. The number of carbonyl (C=O) groups excluding carboxylic acids is 1. The normalized spacial score (nSPS) is 13.4. The fourth-order valence-corrected chi connectivity index (χ4v) is 3.22. The van der Waals surface area contributed by atoms with Gasteiger partial charge in [-0.1, -0.05) is 0 Å². The second kappa shape index (κ2) is 4.74. The monoisotopic (exact) mass is 276 g/mol. The lowest BCUT2D eigenvalue weighted by molar-refractivity contribution is 0.102. The number of hydrogen-bond acceptors (Lipinski definition) is 4. The molecule has 0 fully saturated rings. The van der Waals surface area contributed by atoms with E-state index in [9.17, 15) is 4.79 Å². The second-order valence-corrected chi connectivity index (χ2v) is 5.84. The maximum Gasteiger partial charge on any atom is 0.257 e. The average Bonchev–Trinajstić information content (AvgIpc) is 2.90. The van der Waals surface area contributed by atoms with E-state index in [-0.39, 0.29) is 5.91 Å². The summed E-state index contributed by atoms with van der Waals surface area (Å²) in [6, 6.07) is 7.14. The van der Waals surface area contributed by atoms with Crippen LogP contribution in [-0.4, -0.2) is 10.9 Å². The Balaban J connectivity index is 1.75. The van der Waals surface area contributed by atoms with Crippen LogP contribution in [0.5, 0.6) is 0 Å². The summed E-state index contributed by atoms with van der Waals surface area (Å²) in [5, 5.41) is 3.56. The van der Waals surface area contributed by atoms with Gasteiger partial charge in [0.1, 0.15) is 0 Å². The molecule has 1 amide bonds. The number of anilines is 1. The van der Waals surface area contributed by atoms with E-state index in [0.717, 1.165) is 23.4 Å². The van der Waals surface area contributed by atoms with Crippen LogP contribution < -0.4 is 5.32 Å². The van der Waals surface area contributed by atoms with Crippen molar-refractivity contribution in [2.24, 2.45) is 0 Å². The van der Waals surface area contributed by atoms with Gasteiger partial charge in [-0.2, -0.15) is 0 Å². The maximum atomic E-state index is 12.0. The predicted molar refractivity (Wildman–Crippen MR) is 75.8 cm³/mol. The Hall–Kier alpha value is -1.33. The van der Waals surface area contributed by atoms with Crippen molar-refractivity contribution in [3.63, 3.8) is 0 Å². The molecule has 0 saturated heterocycles. The molecule has 1 aliphatic rings. The van der Waals surface area contributed by atoms with Crippen LogP contribution in [0.15, 0.2) is 29.2 Å². The molecule has 0 atom stereocenters. The fourth-order valence-electron chi connectivity index (χ4n) is 2.03. The molecule has 0 spiro atoms. The molecular weight excluding hydrogens is 264 g/mol. The number of fused-ring (bicyclic) bond motifs is 1. The van der Waals surface area contributed by atoms with E-state index in [1.807, 2.05) is 0 Å². The van der Waals surface area contributed by atoms with Crippen LogP contribution in [0.25, 0.3) is 0 Å². The van der Waals surface area contributed by atoms with Gasteiger partial charge in [0.15, 0.2) is 5.13 Å². The smallest absolute Gasteiger partial charge is 0.257 e. The molecule has 0 saturated carbocycles. The highest BCUT2D eigenvalue weighted by molar-refractivity contribution is 7.80. The van der Waals surface area contributed by atoms with Crippen molar-refractivity contribution in [2.75, 3.05) is 5.32 Å². The van der Waals surface area contributed by atoms with E-state index in [0.29, 0.717) is 10.7 Å². The van der Waals surface area contributed by atoms with Gasteiger partial charge in [0, 0.05) is 15.3 Å². The molecule has 2 aromatic rings. The predicted octanol–water partition coefficient (Wildman–Crippen LogP) is 3.17. The Morgan fingerprint density at radius 2 is 2.06 bits per heavy atom. The van der Waals surface area contributed by atoms with Crippen molar-refractivity contribution in [3.8, 4) is 0 Å². The number of benzene rings is 1. The second-order valence-electron chi connectivity index (χ2n) is 4.24. The Labute approximate surface area is 115 Å². The van der Waals surface area contributed by atoms with Crippen LogP contribution in [0.3, 0.4) is 0 Å². The van der Waals surface area contributed by atoms with Gasteiger partial charge in [0.05, 0.1) is 5.69 Å². The molecule has 1 aromatic carbocycles. The standard InChI is InChI=1S/C13H12N2OS2/c16-12(8-4-6-9(17)7-5-8)15-13-14-10-2-1-3-11(10)18-13/h4-7,17H,1-3H2,(H,14,15,16). The molecule has 0 unspecified atom stereocenters. The number of aryl methyl sites for hydroxylation is 2. The van der Waals surface area contributed by atoms with Gasteiger partial charge in [-0.25, -0.2) is 4.98 Å². The Morgan fingerprint density at radius 1 is 1.28 bits per heavy atom. The highest BCUT2D eigenvalue weighted by Crippen LogP contribution is 2.30. The van der Waals surface area contributed by atoms with Gasteiger partial charge in [-0.3, -0.25) is 10.1 Å². The lowest BCUT2D eigenvalue weighted by Gasteiger charge is -2.01. The van der Waals surface area contributed by atoms with Crippen LogP contribution in [0, 0.1) is 0 Å². The quantitative estimate of drug-likeness (QED) is 0.827. The van der Waals surface area contributed by atoms with Crippen LogP contribution in [0.4, 0.5) is 5.13 Å². The minimum atomic E-state index is -0.115. The van der Waals surface area contributed by atoms with Crippen molar-refractivity contribution >= 4 is 35.0 Å². The number of amides is 1. The van der Waals surface area contributed by atoms with Gasteiger partial charge in [0.25, 0.3) is 5.91 Å². The summed E-state index contributed by atoms with van der Waals surface area (Å²) < 4.78 is 0. The zero-order chi connectivity index (χ0) is 12.5. The minimum Gasteiger partial charge on any atom is -0.298 e. The van der Waals surface area contributed by atoms with Crippen LogP contribution in [0.2, 0.25) is 0 Å². The molecule has 1 heterocycles. The molecule has 3 nitrogen and oxygen atoms in total. The van der Waals surface area contributed by atoms with E-state index in [4.69, 9.17) is 0 Å². The molecule has 1 N–H and O–H groups in total. The number of aromatic nitrogens is 1. The summed E-state index contributed by atoms with van der Waals surface area (Å²) in [5.41, 5.74) is 1.78. The number of nitrogens with one attached hydrogen (secondary N) is 1. The summed E-state index contributed by atoms with van der Waals surface area (Å²) in [6.07, 6.45) is 3.32. The van der Waals surface area contributed by atoms with Crippen molar-refractivity contribution in [1.82, 2.24) is 4.98 Å². The third-order valence-corrected chi connectivity index (χ3v) is 4.32. The van der Waals surface area contributed by atoms with Crippen LogP contribution in [0.1, 0.15) is 27.3 Å². The lowest BCUT2D eigenvalue weighted by Crippen LogP contribution is -2.11. The summed E-state index contributed by atoms with van der Waals surface area (Å²) in [4.78, 5) is 18.6. The van der Waals surface area contributed by atoms with E-state index in [1.165, 1.54) is 11.3 Å². The van der Waals surface area contributed by atoms with Crippen molar-refractivity contribution in [2.45, 2.75) is 24.2 Å². The zero-order valence-electron chi connectivity index (χ0n) is 9.64. The number of hydrogen-bond donors (Lipinski definition) is 2. The first-order valence-electron chi connectivity index (χ1n) is 5.81. The zero-order valence-corrected chi connectivity index (χ0v) is 11.4. The topological polar surface area (TPSA) is 42.0 Å². The summed E-state index contributed by atoms with van der Waals surface area (Å²) in [7, 11) is 0. The summed E-state index contributed by atoms with van der Waals surface area (Å²) in [6.45, 7) is 0. The Bertz CT molecular complexity index is 568. The van der Waals surface area contributed by atoms with E-state index in [1.54, 1.807) is 35.6 Å².